The van der Waals surface area contributed by atoms with Crippen LogP contribution in [0.3, 0.4) is 0 Å². The first-order valence-corrected chi connectivity index (χ1v) is 10.6. The molecular weight excluding hydrogens is 420 g/mol. The number of rotatable bonds is 5. The van der Waals surface area contributed by atoms with Gasteiger partial charge in [-0.15, -0.1) is 0 Å². The highest BCUT2D eigenvalue weighted by molar-refractivity contribution is 5.98. The molecule has 0 spiro atoms. The molecule has 10 nitrogen and oxygen atoms in total. The first-order valence-electron chi connectivity index (χ1n) is 10.6. The van der Waals surface area contributed by atoms with Crippen molar-refractivity contribution in [2.75, 3.05) is 12.4 Å². The Morgan fingerprint density at radius 3 is 2.31 bits per heavy atom. The second kappa shape index (κ2) is 8.27. The van der Waals surface area contributed by atoms with Gasteiger partial charge in [-0.25, -0.2) is 0 Å². The smallest absolute Gasteiger partial charge is 0.252 e. The van der Waals surface area contributed by atoms with Gasteiger partial charge in [0.25, 0.3) is 5.91 Å². The molecule has 2 N–H and O–H groups in total. The Hall–Kier alpha value is -2.24. The molecule has 0 radical (unpaired) electrons. The Morgan fingerprint density at radius 1 is 0.969 bits per heavy atom. The third-order valence-electron chi connectivity index (χ3n) is 5.53. The minimum Gasteiger partial charge on any atom is -0.495 e. The molecule has 1 aromatic rings. The molecule has 176 valence electrons. The maximum absolute atomic E-state index is 13.1. The molecule has 3 saturated heterocycles. The van der Waals surface area contributed by atoms with E-state index < -0.39 is 60.1 Å². The van der Waals surface area contributed by atoms with Crippen molar-refractivity contribution in [1.82, 2.24) is 5.32 Å². The second-order valence-corrected chi connectivity index (χ2v) is 9.01. The summed E-state index contributed by atoms with van der Waals surface area (Å²) < 4.78 is 34.9. The van der Waals surface area contributed by atoms with Crippen LogP contribution in [0, 0.1) is 0 Å². The average molecular weight is 450 g/mol. The Labute approximate surface area is 186 Å². The number of methoxy groups -OCH3 is 1. The number of carbonyl (C=O) groups excluding carboxylic acids is 2. The molecule has 0 bridgehead atoms. The molecule has 32 heavy (non-hydrogen) atoms. The number of anilines is 1. The van der Waals surface area contributed by atoms with Crippen molar-refractivity contribution in [3.8, 4) is 5.75 Å². The normalized spacial score (nSPS) is 33.0. The van der Waals surface area contributed by atoms with Crippen molar-refractivity contribution in [2.45, 2.75) is 82.9 Å². The predicted octanol–water partition coefficient (Wildman–Crippen LogP) is 1.53. The number of hydrogen-bond donors (Lipinski definition) is 2. The molecule has 3 aliphatic heterocycles. The van der Waals surface area contributed by atoms with Gasteiger partial charge in [-0.2, -0.15) is 0 Å². The number of amides is 2. The van der Waals surface area contributed by atoms with Gasteiger partial charge in [0.05, 0.1) is 12.8 Å². The van der Waals surface area contributed by atoms with Crippen molar-refractivity contribution < 1.29 is 38.0 Å². The molecule has 0 aromatic heterocycles. The Kier molecular flexibility index (Phi) is 5.93. The first-order chi connectivity index (χ1) is 15.0. The molecule has 3 fully saturated rings. The van der Waals surface area contributed by atoms with Crippen molar-refractivity contribution in [1.29, 1.82) is 0 Å². The van der Waals surface area contributed by atoms with Gasteiger partial charge in [0.15, 0.2) is 24.0 Å². The molecule has 0 unspecified atom stereocenters. The van der Waals surface area contributed by atoms with Crippen LogP contribution in [-0.2, 0) is 33.3 Å². The summed E-state index contributed by atoms with van der Waals surface area (Å²) in [6.45, 7) is 8.65. The number of fused-ring (bicyclic) bond motifs is 3. The van der Waals surface area contributed by atoms with E-state index in [4.69, 9.17) is 28.4 Å². The van der Waals surface area contributed by atoms with Crippen molar-refractivity contribution >= 4 is 17.5 Å². The van der Waals surface area contributed by atoms with Crippen LogP contribution in [0.25, 0.3) is 0 Å². The third kappa shape index (κ3) is 4.46. The predicted molar refractivity (Wildman–Crippen MR) is 112 cm³/mol. The summed E-state index contributed by atoms with van der Waals surface area (Å²) >= 11 is 0. The molecule has 1 aromatic carbocycles. The SMILES string of the molecule is COc1ccccc1NC(=O)[C@H](C)NC(=O)[C@H]1O[C@@H]2OC(C)(C)O[C@H]2[C@H]2OC(C)(C)O[C@@H]21. The summed E-state index contributed by atoms with van der Waals surface area (Å²) in [6.07, 6.45) is -3.64. The Balaban J connectivity index is 1.45. The monoisotopic (exact) mass is 450 g/mol. The van der Waals surface area contributed by atoms with Crippen LogP contribution in [0.2, 0.25) is 0 Å². The molecule has 10 heteroatoms. The highest BCUT2D eigenvalue weighted by atomic mass is 16.9. The van der Waals surface area contributed by atoms with Crippen LogP contribution in [-0.4, -0.2) is 67.2 Å². The second-order valence-electron chi connectivity index (χ2n) is 9.01. The van der Waals surface area contributed by atoms with Crippen LogP contribution in [0.4, 0.5) is 5.69 Å². The Bertz CT molecular complexity index is 888. The minimum absolute atomic E-state index is 0.404. The van der Waals surface area contributed by atoms with Crippen LogP contribution >= 0.6 is 0 Å². The van der Waals surface area contributed by atoms with Gasteiger partial charge in [0, 0.05) is 0 Å². The third-order valence-corrected chi connectivity index (χ3v) is 5.53. The summed E-state index contributed by atoms with van der Waals surface area (Å²) in [5.41, 5.74) is 0.505. The standard InChI is InChI=1S/C22H30N2O8/c1-11(18(25)24-12-9-7-8-10-13(12)27-6)23-19(26)16-14-15(30-21(2,3)29-14)17-20(28-16)32-22(4,5)31-17/h7-11,14-17,20H,1-6H3,(H,23,26)(H,24,25)/t11-,14-,15-,16-,17-,20+/m0/s1. The van der Waals surface area contributed by atoms with E-state index in [9.17, 15) is 9.59 Å². The molecule has 6 atom stereocenters. The number of para-hydroxylation sites is 2. The van der Waals surface area contributed by atoms with Crippen LogP contribution in [0.1, 0.15) is 34.6 Å². The van der Waals surface area contributed by atoms with E-state index >= 15 is 0 Å². The van der Waals surface area contributed by atoms with E-state index in [0.717, 1.165) is 0 Å². The number of hydrogen-bond acceptors (Lipinski definition) is 8. The molecule has 3 heterocycles. The number of carbonyl (C=O) groups is 2. The van der Waals surface area contributed by atoms with Crippen molar-refractivity contribution in [3.63, 3.8) is 0 Å². The van der Waals surface area contributed by atoms with Gasteiger partial charge < -0.3 is 39.1 Å². The van der Waals surface area contributed by atoms with E-state index in [1.165, 1.54) is 7.11 Å². The summed E-state index contributed by atoms with van der Waals surface area (Å²) in [7, 11) is 1.52. The van der Waals surface area contributed by atoms with Crippen molar-refractivity contribution in [3.05, 3.63) is 24.3 Å². The zero-order valence-electron chi connectivity index (χ0n) is 19.0. The molecular formula is C22H30N2O8. The molecule has 0 aliphatic carbocycles. The van der Waals surface area contributed by atoms with E-state index in [0.29, 0.717) is 11.4 Å². The van der Waals surface area contributed by atoms with Crippen LogP contribution < -0.4 is 15.4 Å². The highest BCUT2D eigenvalue weighted by Crippen LogP contribution is 2.44. The van der Waals surface area contributed by atoms with Gasteiger partial charge in [-0.3, -0.25) is 9.59 Å². The molecule has 4 rings (SSSR count). The first kappa shape index (κ1) is 22.9. The summed E-state index contributed by atoms with van der Waals surface area (Å²) in [4.78, 5) is 25.8. The van der Waals surface area contributed by atoms with Crippen LogP contribution in [0.15, 0.2) is 24.3 Å². The number of benzene rings is 1. The lowest BCUT2D eigenvalue weighted by Crippen LogP contribution is -2.60. The van der Waals surface area contributed by atoms with Gasteiger partial charge in [-0.05, 0) is 46.8 Å². The zero-order chi connectivity index (χ0) is 23.3. The summed E-state index contributed by atoms with van der Waals surface area (Å²) in [5, 5.41) is 5.46. The van der Waals surface area contributed by atoms with Gasteiger partial charge in [0.2, 0.25) is 5.91 Å². The van der Waals surface area contributed by atoms with Gasteiger partial charge >= 0.3 is 0 Å². The quantitative estimate of drug-likeness (QED) is 0.695. The molecule has 2 amide bonds. The number of ether oxygens (including phenoxy) is 6. The maximum atomic E-state index is 13.1. The van der Waals surface area contributed by atoms with Crippen molar-refractivity contribution in [2.24, 2.45) is 0 Å². The fourth-order valence-corrected chi connectivity index (χ4v) is 4.17. The number of nitrogens with one attached hydrogen (secondary N) is 2. The highest BCUT2D eigenvalue weighted by Gasteiger charge is 2.62. The lowest BCUT2D eigenvalue weighted by atomic mass is 9.98. The van der Waals surface area contributed by atoms with Gasteiger partial charge in [-0.1, -0.05) is 12.1 Å². The van der Waals surface area contributed by atoms with Gasteiger partial charge in [0.1, 0.15) is 30.1 Å². The lowest BCUT2D eigenvalue weighted by molar-refractivity contribution is -0.231. The summed E-state index contributed by atoms with van der Waals surface area (Å²) in [5.74, 6) is -2.20. The Morgan fingerprint density at radius 2 is 1.59 bits per heavy atom. The van der Waals surface area contributed by atoms with E-state index in [1.54, 1.807) is 58.9 Å². The topological polar surface area (TPSA) is 114 Å². The van der Waals surface area contributed by atoms with E-state index in [-0.39, 0.29) is 0 Å². The largest absolute Gasteiger partial charge is 0.495 e. The fourth-order valence-electron chi connectivity index (χ4n) is 4.17. The average Bonchev–Trinajstić information content (AvgIpc) is 3.21. The fraction of sp³-hybridized carbons (Fsp3) is 0.636. The summed E-state index contributed by atoms with van der Waals surface area (Å²) in [6, 6.07) is 6.17. The zero-order valence-corrected chi connectivity index (χ0v) is 19.0. The maximum Gasteiger partial charge on any atom is 0.252 e. The van der Waals surface area contributed by atoms with Crippen LogP contribution in [0.5, 0.6) is 5.75 Å². The molecule has 0 saturated carbocycles. The minimum atomic E-state index is -1.04. The van der Waals surface area contributed by atoms with E-state index in [1.807, 2.05) is 0 Å². The van der Waals surface area contributed by atoms with E-state index in [2.05, 4.69) is 10.6 Å². The molecule has 3 aliphatic rings. The lowest BCUT2D eigenvalue weighted by Gasteiger charge is -2.36.